The Morgan fingerprint density at radius 3 is 1.27 bits per heavy atom. The Morgan fingerprint density at radius 2 is 1.00 bits per heavy atom. The van der Waals surface area contributed by atoms with Crippen molar-refractivity contribution in [1.82, 2.24) is 18.4 Å². The number of methoxy groups -OCH3 is 2. The number of hydrogen-bond acceptors (Lipinski definition) is 8. The van der Waals surface area contributed by atoms with Crippen LogP contribution in [0.1, 0.15) is 0 Å². The molecule has 0 N–H and O–H groups in total. The van der Waals surface area contributed by atoms with Crippen molar-refractivity contribution in [3.05, 3.63) is 0 Å². The van der Waals surface area contributed by atoms with Gasteiger partial charge in [-0.1, -0.05) is 0 Å². The maximum absolute atomic E-state index is 11.4. The lowest BCUT2D eigenvalue weighted by molar-refractivity contribution is 0.108. The molecule has 2 rings (SSSR count). The van der Waals surface area contributed by atoms with Crippen LogP contribution < -0.4 is 0 Å². The summed E-state index contributed by atoms with van der Waals surface area (Å²) in [5.41, 5.74) is 0. The van der Waals surface area contributed by atoms with Gasteiger partial charge in [-0.3, -0.25) is 0 Å². The van der Waals surface area contributed by atoms with Crippen LogP contribution in [0.15, 0.2) is 0 Å². The topological polar surface area (TPSA) is 65.6 Å². The highest BCUT2D eigenvalue weighted by molar-refractivity contribution is 8.74. The molecule has 2 amide bonds. The van der Waals surface area contributed by atoms with Gasteiger partial charge in [0.25, 0.3) is 0 Å². The minimum absolute atomic E-state index is 0.253. The number of ether oxygens (including phenoxy) is 2. The number of rotatable bonds is 3. The lowest BCUT2D eigenvalue weighted by Gasteiger charge is -2.35. The Hall–Kier alpha value is -0.840. The molecule has 0 atom stereocenters. The molecule has 0 bridgehead atoms. The van der Waals surface area contributed by atoms with E-state index in [0.717, 1.165) is 26.2 Å². The number of carbonyl (C=O) groups is 2. The fraction of sp³-hybridized carbons (Fsp3) is 0.833. The van der Waals surface area contributed by atoms with E-state index in [1.54, 1.807) is 31.8 Å². The van der Waals surface area contributed by atoms with Crippen molar-refractivity contribution in [1.29, 1.82) is 0 Å². The van der Waals surface area contributed by atoms with Crippen LogP contribution in [0.2, 0.25) is 0 Å². The van der Waals surface area contributed by atoms with Gasteiger partial charge in [0, 0.05) is 74.3 Å². The van der Waals surface area contributed by atoms with Crippen LogP contribution in [0.5, 0.6) is 0 Å². The van der Waals surface area contributed by atoms with Crippen molar-refractivity contribution in [3.8, 4) is 0 Å². The minimum atomic E-state index is -0.253. The molecule has 0 aromatic carbocycles. The van der Waals surface area contributed by atoms with Crippen molar-refractivity contribution in [2.45, 2.75) is 0 Å². The first kappa shape index (κ1) is 17.5. The third-order valence-electron chi connectivity index (χ3n) is 3.59. The number of amides is 2. The molecule has 2 aliphatic heterocycles. The largest absolute Gasteiger partial charge is 0.453 e. The Kier molecular flexibility index (Phi) is 6.93. The third-order valence-corrected chi connectivity index (χ3v) is 6.27. The summed E-state index contributed by atoms with van der Waals surface area (Å²) >= 11 is 0. The van der Waals surface area contributed by atoms with Crippen LogP contribution in [0, 0.1) is 0 Å². The Balaban J connectivity index is 1.62. The summed E-state index contributed by atoms with van der Waals surface area (Å²) in [5.74, 6) is 0. The van der Waals surface area contributed by atoms with Gasteiger partial charge in [-0.2, -0.15) is 0 Å². The van der Waals surface area contributed by atoms with Crippen LogP contribution in [0.25, 0.3) is 0 Å². The van der Waals surface area contributed by atoms with Gasteiger partial charge >= 0.3 is 12.2 Å². The van der Waals surface area contributed by atoms with E-state index in [9.17, 15) is 9.59 Å². The maximum atomic E-state index is 11.4. The molecule has 0 saturated carbocycles. The first-order chi connectivity index (χ1) is 10.6. The van der Waals surface area contributed by atoms with E-state index in [1.807, 2.05) is 0 Å². The maximum Gasteiger partial charge on any atom is 0.409 e. The number of hydrogen-bond donors (Lipinski definition) is 0. The number of nitrogens with zero attached hydrogens (tertiary/aromatic N) is 4. The zero-order chi connectivity index (χ0) is 15.9. The molecular formula is C12H22N4O4S2. The smallest absolute Gasteiger partial charge is 0.409 e. The highest BCUT2D eigenvalue weighted by atomic mass is 33.1. The van der Waals surface area contributed by atoms with Gasteiger partial charge in [-0.15, -0.1) is 0 Å². The molecule has 0 spiro atoms. The van der Waals surface area contributed by atoms with E-state index >= 15 is 0 Å². The van der Waals surface area contributed by atoms with Gasteiger partial charge in [-0.25, -0.2) is 18.2 Å². The average Bonchev–Trinajstić information content (AvgIpc) is 2.59. The van der Waals surface area contributed by atoms with Crippen molar-refractivity contribution in [2.24, 2.45) is 0 Å². The van der Waals surface area contributed by atoms with Crippen LogP contribution >= 0.6 is 22.0 Å². The molecule has 2 heterocycles. The van der Waals surface area contributed by atoms with Gasteiger partial charge in [0.15, 0.2) is 0 Å². The van der Waals surface area contributed by atoms with Crippen LogP contribution in [0.3, 0.4) is 0 Å². The standard InChI is InChI=1S/C12H22N4O4S2/c1-19-11(17)13-3-7-15(8-4-13)21-22-16-9-5-14(6-10-16)12(18)20-2/h3-10H2,1-2H3. The van der Waals surface area contributed by atoms with Crippen molar-refractivity contribution < 1.29 is 19.1 Å². The molecule has 2 saturated heterocycles. The van der Waals surface area contributed by atoms with Gasteiger partial charge in [0.1, 0.15) is 0 Å². The predicted molar refractivity (Wildman–Crippen MR) is 86.3 cm³/mol. The lowest BCUT2D eigenvalue weighted by Crippen LogP contribution is -2.47. The SMILES string of the molecule is COC(=O)N1CCN(SSN2CCN(C(=O)OC)CC2)CC1. The van der Waals surface area contributed by atoms with E-state index in [-0.39, 0.29) is 12.2 Å². The highest BCUT2D eigenvalue weighted by Gasteiger charge is 2.25. The van der Waals surface area contributed by atoms with Gasteiger partial charge in [-0.05, 0) is 0 Å². The van der Waals surface area contributed by atoms with Gasteiger partial charge < -0.3 is 19.3 Å². The minimum Gasteiger partial charge on any atom is -0.453 e. The fourth-order valence-electron chi connectivity index (χ4n) is 2.24. The lowest BCUT2D eigenvalue weighted by atomic mass is 10.4. The van der Waals surface area contributed by atoms with Gasteiger partial charge in [0.2, 0.25) is 0 Å². The molecule has 2 fully saturated rings. The molecular weight excluding hydrogens is 328 g/mol. The van der Waals surface area contributed by atoms with Crippen LogP contribution in [-0.2, 0) is 9.47 Å². The summed E-state index contributed by atoms with van der Waals surface area (Å²) in [4.78, 5) is 26.3. The second-order valence-corrected chi connectivity index (χ2v) is 7.15. The Labute approximate surface area is 138 Å². The second-order valence-electron chi connectivity index (χ2n) is 4.92. The first-order valence-electron chi connectivity index (χ1n) is 7.14. The summed E-state index contributed by atoms with van der Waals surface area (Å²) in [5, 5.41) is 0. The van der Waals surface area contributed by atoms with E-state index in [4.69, 9.17) is 9.47 Å². The van der Waals surface area contributed by atoms with Crippen molar-refractivity contribution >= 4 is 34.1 Å². The molecule has 126 valence electrons. The molecule has 0 aliphatic carbocycles. The van der Waals surface area contributed by atoms with Crippen molar-refractivity contribution in [3.63, 3.8) is 0 Å². The number of carbonyl (C=O) groups excluding carboxylic acids is 2. The molecule has 0 radical (unpaired) electrons. The van der Waals surface area contributed by atoms with E-state index in [0.29, 0.717) is 26.2 Å². The zero-order valence-electron chi connectivity index (χ0n) is 12.9. The highest BCUT2D eigenvalue weighted by Crippen LogP contribution is 2.31. The number of piperazine rings is 2. The zero-order valence-corrected chi connectivity index (χ0v) is 14.5. The molecule has 10 heteroatoms. The molecule has 2 aliphatic rings. The summed E-state index contributed by atoms with van der Waals surface area (Å²) in [6.45, 7) is 6.08. The average molecular weight is 350 g/mol. The third kappa shape index (κ3) is 4.83. The van der Waals surface area contributed by atoms with E-state index in [1.165, 1.54) is 14.2 Å². The van der Waals surface area contributed by atoms with E-state index < -0.39 is 0 Å². The van der Waals surface area contributed by atoms with Gasteiger partial charge in [0.05, 0.1) is 14.2 Å². The summed E-state index contributed by atoms with van der Waals surface area (Å²) in [6.07, 6.45) is -0.507. The second kappa shape index (κ2) is 8.70. The molecule has 0 aromatic rings. The van der Waals surface area contributed by atoms with Crippen molar-refractivity contribution in [2.75, 3.05) is 66.6 Å². The monoisotopic (exact) mass is 350 g/mol. The fourth-order valence-corrected chi connectivity index (χ4v) is 4.52. The Morgan fingerprint density at radius 1 is 0.682 bits per heavy atom. The molecule has 8 nitrogen and oxygen atoms in total. The summed E-state index contributed by atoms with van der Waals surface area (Å²) in [7, 11) is 6.23. The first-order valence-corrected chi connectivity index (χ1v) is 9.21. The molecule has 22 heavy (non-hydrogen) atoms. The Bertz CT molecular complexity index is 349. The summed E-state index contributed by atoms with van der Waals surface area (Å²) < 4.78 is 13.9. The quantitative estimate of drug-likeness (QED) is 0.551. The van der Waals surface area contributed by atoms with Crippen LogP contribution in [0.4, 0.5) is 9.59 Å². The van der Waals surface area contributed by atoms with E-state index in [2.05, 4.69) is 8.61 Å². The normalized spacial score (nSPS) is 20.8. The predicted octanol–water partition coefficient (Wildman–Crippen LogP) is 0.966. The molecule has 0 unspecified atom stereocenters. The van der Waals surface area contributed by atoms with Crippen LogP contribution in [-0.4, -0.2) is 97.2 Å². The molecule has 0 aromatic heterocycles. The summed E-state index contributed by atoms with van der Waals surface area (Å²) in [6, 6.07) is 0.